The third-order valence-corrected chi connectivity index (χ3v) is 10.3. The molecule has 7 aromatic rings. The van der Waals surface area contributed by atoms with Crippen LogP contribution in [0.15, 0.2) is 152 Å². The van der Waals surface area contributed by atoms with Crippen LogP contribution in [0.5, 0.6) is 11.5 Å². The van der Waals surface area contributed by atoms with E-state index in [0.29, 0.717) is 56.3 Å². The van der Waals surface area contributed by atoms with Crippen LogP contribution in [0.25, 0.3) is 0 Å². The van der Waals surface area contributed by atoms with E-state index in [0.717, 1.165) is 25.8 Å². The normalized spacial score (nSPS) is 12.9. The van der Waals surface area contributed by atoms with Crippen LogP contribution in [-0.4, -0.2) is 47.4 Å². The van der Waals surface area contributed by atoms with Crippen LogP contribution in [0.3, 0.4) is 0 Å². The molecule has 3 heterocycles. The van der Waals surface area contributed by atoms with Crippen LogP contribution in [0, 0.1) is 41.9 Å². The second-order valence-corrected chi connectivity index (χ2v) is 14.2. The summed E-state index contributed by atoms with van der Waals surface area (Å²) in [6, 6.07) is 51.2. The quantitative estimate of drug-likeness (QED) is 0.0991. The van der Waals surface area contributed by atoms with E-state index in [2.05, 4.69) is 41.9 Å². The predicted octanol–water partition coefficient (Wildman–Crippen LogP) is 8.19. The molecule has 0 aliphatic carbocycles. The molecule has 309 valence electrons. The molecule has 6 amide bonds. The molecule has 65 heavy (non-hydrogen) atoms. The summed E-state index contributed by atoms with van der Waals surface area (Å²) >= 11 is 0. The summed E-state index contributed by atoms with van der Waals surface area (Å²) in [5.74, 6) is 11.0. The van der Waals surface area contributed by atoms with Crippen LogP contribution < -0.4 is 14.5 Å². The molecule has 0 unspecified atom stereocenters. The zero-order valence-corrected chi connectivity index (χ0v) is 39.9. The molecule has 0 atom stereocenters. The van der Waals surface area contributed by atoms with E-state index in [-0.39, 0.29) is 76.7 Å². The number of carbonyl (C=O) groups excluding carboxylic acids is 6. The van der Waals surface area contributed by atoms with Crippen molar-refractivity contribution in [3.05, 3.63) is 225 Å². The minimum absolute atomic E-state index is 0. The molecule has 3 aliphatic rings. The number of amides is 6. The Balaban J connectivity index is 0.000000389. The Morgan fingerprint density at radius 2 is 0.785 bits per heavy atom. The van der Waals surface area contributed by atoms with Gasteiger partial charge in [-0.25, -0.2) is 0 Å². The van der Waals surface area contributed by atoms with Crippen molar-refractivity contribution in [3.63, 3.8) is 0 Å². The minimum atomic E-state index is -0.456. The number of hydrogen-bond donors (Lipinski definition) is 0. The second kappa shape index (κ2) is 19.6. The van der Waals surface area contributed by atoms with E-state index in [4.69, 9.17) is 4.74 Å². The largest absolute Gasteiger partial charge is 0.455 e. The number of benzene rings is 7. The number of imide groups is 3. The van der Waals surface area contributed by atoms with Crippen molar-refractivity contribution < 1.29 is 87.3 Å². The zero-order valence-electron chi connectivity index (χ0n) is 34.1. The van der Waals surface area contributed by atoms with Crippen LogP contribution in [0.1, 0.15) is 84.4 Å². The summed E-state index contributed by atoms with van der Waals surface area (Å²) in [6.07, 6.45) is 0. The third kappa shape index (κ3) is 8.94. The van der Waals surface area contributed by atoms with Gasteiger partial charge in [-0.05, 0) is 60.7 Å². The average molecular weight is 1090 g/mol. The van der Waals surface area contributed by atoms with Crippen molar-refractivity contribution in [3.8, 4) is 35.2 Å². The first kappa shape index (κ1) is 45.7. The number of ether oxygens (including phenoxy) is 1. The maximum Gasteiger partial charge on any atom is 0.240 e. The zero-order chi connectivity index (χ0) is 43.6. The van der Waals surface area contributed by atoms with E-state index in [9.17, 15) is 28.8 Å². The fourth-order valence-corrected chi connectivity index (χ4v) is 7.10. The van der Waals surface area contributed by atoms with Gasteiger partial charge >= 0.3 is 0 Å². The first-order valence-electron chi connectivity index (χ1n) is 19.4. The number of hydrogen-bond acceptors (Lipinski definition) is 7. The molecular formula is C53H28N3O7WY-3. The Hall–Kier alpha value is -7.33. The van der Waals surface area contributed by atoms with Crippen molar-refractivity contribution in [2.24, 2.45) is 0 Å². The van der Waals surface area contributed by atoms with Crippen molar-refractivity contribution in [1.29, 1.82) is 0 Å². The van der Waals surface area contributed by atoms with Gasteiger partial charge in [0.1, 0.15) is 11.5 Å². The maximum absolute atomic E-state index is 13.3. The van der Waals surface area contributed by atoms with E-state index >= 15 is 0 Å². The fraction of sp³-hybridized carbons (Fsp3) is 0.0189. The number of rotatable bonds is 4. The molecule has 10 rings (SSSR count). The first-order chi connectivity index (χ1) is 30.7. The average Bonchev–Trinajstić information content (AvgIpc) is 3.83. The summed E-state index contributed by atoms with van der Waals surface area (Å²) in [5.41, 5.74) is 5.04. The van der Waals surface area contributed by atoms with Crippen molar-refractivity contribution >= 4 is 46.8 Å². The molecule has 7 aromatic carbocycles. The van der Waals surface area contributed by atoms with Gasteiger partial charge in [0.2, 0.25) is 35.4 Å². The molecule has 0 saturated carbocycles. The fourth-order valence-electron chi connectivity index (χ4n) is 7.10. The van der Waals surface area contributed by atoms with E-state index in [1.54, 1.807) is 78.9 Å². The van der Waals surface area contributed by atoms with E-state index < -0.39 is 23.6 Å². The van der Waals surface area contributed by atoms with Crippen LogP contribution >= 0.6 is 0 Å². The van der Waals surface area contributed by atoms with E-state index in [1.165, 1.54) is 19.2 Å². The standard InChI is InChI=1S/C44H22N2O5.C9H6NO2.W.Y/c47-41-35-15-7-8-16-36(35)42(48)45(41)33-23-25-39(31(27-33)21-19-29-11-3-1-4-12-29)51-40-26-24-34(28-32(40)22-20-30-13-5-2-6-14-30)46-43(49)37-17-9-10-18-38(37)44(46)50;1-10-8(11)6-4-2-3-5-7(6)9(10)12;;/h1-7,9,11-18,23-28H;2,4-5H,1H3;;/q-2;-1;;. The van der Waals surface area contributed by atoms with Gasteiger partial charge in [-0.15, -0.1) is 0 Å². The van der Waals surface area contributed by atoms with Crippen molar-refractivity contribution in [1.82, 2.24) is 4.90 Å². The first-order valence-corrected chi connectivity index (χ1v) is 19.4. The Labute approximate surface area is 413 Å². The van der Waals surface area contributed by atoms with Gasteiger partial charge in [-0.1, -0.05) is 93.5 Å². The predicted molar refractivity (Wildman–Crippen MR) is 232 cm³/mol. The molecule has 0 aromatic heterocycles. The molecule has 0 saturated heterocycles. The summed E-state index contributed by atoms with van der Waals surface area (Å²) in [6.45, 7) is 0. The van der Waals surface area contributed by atoms with Gasteiger partial charge in [-0.3, -0.25) is 43.5 Å². The smallest absolute Gasteiger partial charge is 0.240 e. The maximum atomic E-state index is 13.3. The monoisotopic (exact) mass is 1090 g/mol. The molecule has 3 aliphatic heterocycles. The molecule has 1 radical (unpaired) electrons. The van der Waals surface area contributed by atoms with Gasteiger partial charge < -0.3 is 4.74 Å². The number of nitrogens with zero attached hydrogens (tertiary/aromatic N) is 3. The van der Waals surface area contributed by atoms with Gasteiger partial charge in [0.15, 0.2) is 0 Å². The van der Waals surface area contributed by atoms with Gasteiger partial charge in [-0.2, -0.15) is 72.8 Å². The Kier molecular flexibility index (Phi) is 13.8. The van der Waals surface area contributed by atoms with Crippen LogP contribution in [0.2, 0.25) is 0 Å². The molecule has 0 spiro atoms. The van der Waals surface area contributed by atoms with Crippen molar-refractivity contribution in [2.45, 2.75) is 0 Å². The van der Waals surface area contributed by atoms with Gasteiger partial charge in [0.25, 0.3) is 0 Å². The topological polar surface area (TPSA) is 121 Å². The van der Waals surface area contributed by atoms with Crippen molar-refractivity contribution in [2.75, 3.05) is 16.8 Å². The Bertz CT molecular complexity index is 2940. The summed E-state index contributed by atoms with van der Waals surface area (Å²) in [5, 5.41) is 0. The molecule has 0 fully saturated rings. The number of fused-ring (bicyclic) bond motifs is 3. The third-order valence-electron chi connectivity index (χ3n) is 10.3. The minimum Gasteiger partial charge on any atom is -0.455 e. The molecule has 10 nitrogen and oxygen atoms in total. The molecule has 0 N–H and O–H groups in total. The number of anilines is 2. The second-order valence-electron chi connectivity index (χ2n) is 14.2. The Morgan fingerprint density at radius 1 is 0.431 bits per heavy atom. The summed E-state index contributed by atoms with van der Waals surface area (Å²) in [4.78, 5) is 79.2. The molecule has 12 heteroatoms. The Morgan fingerprint density at radius 3 is 1.17 bits per heavy atom. The summed E-state index contributed by atoms with van der Waals surface area (Å²) < 4.78 is 6.49. The SMILES string of the molecule is CN1C(=O)c2c[c-]ccc2C1=O.O=C1c2c[c-]ccc2C(=O)N1c1ccc(Oc2ccc(N3C(=O)c4c[c-]ccc4C3=O)cc2C#Cc2ccccc2)c(C#Cc2ccccc2)c1.[W].[Y]. The van der Waals surface area contributed by atoms with Crippen LogP contribution in [-0.2, 0) is 53.8 Å². The summed E-state index contributed by atoms with van der Waals surface area (Å²) in [7, 11) is 1.48. The number of carbonyl (C=O) groups is 6. The van der Waals surface area contributed by atoms with Gasteiger partial charge in [0, 0.05) is 71.9 Å². The molecular weight excluding hydrogens is 1060 g/mol. The van der Waals surface area contributed by atoms with E-state index in [1.807, 2.05) is 60.7 Å². The molecule has 0 bridgehead atoms. The van der Waals surface area contributed by atoms with Gasteiger partial charge in [0.05, 0.1) is 22.5 Å². The van der Waals surface area contributed by atoms with Crippen LogP contribution in [0.4, 0.5) is 11.4 Å².